The van der Waals surface area contributed by atoms with Gasteiger partial charge in [0, 0.05) is 20.8 Å². The minimum absolute atomic E-state index is 0.0511. The van der Waals surface area contributed by atoms with Crippen LogP contribution in [0, 0.1) is 0 Å². The normalized spacial score (nSPS) is 14.3. The molecule has 0 unspecified atom stereocenters. The lowest BCUT2D eigenvalue weighted by atomic mass is 9.79. The van der Waals surface area contributed by atoms with Gasteiger partial charge >= 0.3 is 0 Å². The van der Waals surface area contributed by atoms with Crippen LogP contribution in [0.25, 0.3) is 11.1 Å². The molecule has 1 aliphatic carbocycles. The molecule has 0 saturated carbocycles. The highest BCUT2D eigenvalue weighted by Crippen LogP contribution is 2.39. The molecule has 0 atom stereocenters. The number of Topliss-reactive ketones (excluding diaryl/α,β-unsaturated/α-hetero) is 2. The summed E-state index contributed by atoms with van der Waals surface area (Å²) in [6, 6.07) is 11.8. The summed E-state index contributed by atoms with van der Waals surface area (Å²) in [6.07, 6.45) is 0. The Bertz CT molecular complexity index is 880. The number of thioether (sulfide) groups is 1. The molecule has 1 aliphatic rings. The van der Waals surface area contributed by atoms with Crippen molar-refractivity contribution in [3.63, 3.8) is 0 Å². The van der Waals surface area contributed by atoms with Crippen LogP contribution >= 0.6 is 11.8 Å². The van der Waals surface area contributed by atoms with Gasteiger partial charge in [-0.05, 0) is 40.3 Å². The van der Waals surface area contributed by atoms with Crippen molar-refractivity contribution in [2.45, 2.75) is 56.6 Å². The van der Waals surface area contributed by atoms with Crippen LogP contribution in [-0.4, -0.2) is 16.3 Å². The molecule has 0 amide bonds. The number of rotatable bonds is 1. The van der Waals surface area contributed by atoms with E-state index in [4.69, 9.17) is 0 Å². The predicted molar refractivity (Wildman–Crippen MR) is 105 cm³/mol. The van der Waals surface area contributed by atoms with E-state index in [1.54, 1.807) is 11.8 Å². The Balaban J connectivity index is 2.15. The predicted octanol–water partition coefficient (Wildman–Crippen LogP) is 5.92. The monoisotopic (exact) mass is 352 g/mol. The molecule has 0 N–H and O–H groups in total. The number of benzene rings is 2. The molecule has 0 saturated heterocycles. The van der Waals surface area contributed by atoms with Crippen molar-refractivity contribution in [3.8, 4) is 11.1 Å². The van der Waals surface area contributed by atoms with E-state index in [1.165, 1.54) is 0 Å². The second kappa shape index (κ2) is 5.84. The minimum Gasteiger partial charge on any atom is -0.285 e. The number of hydrogen-bond donors (Lipinski definition) is 0. The standard InChI is InChI=1S/C22H24O2S/c1-21(2,3)13-7-9-15-16-10-8-14(25-22(4,5)6)12-18(16)20(24)19(23)17(15)11-13/h7-12H,1-6H3. The smallest absolute Gasteiger partial charge is 0.234 e. The van der Waals surface area contributed by atoms with Gasteiger partial charge in [0.25, 0.3) is 0 Å². The lowest BCUT2D eigenvalue weighted by Gasteiger charge is -2.24. The molecule has 0 heterocycles. The largest absolute Gasteiger partial charge is 0.285 e. The van der Waals surface area contributed by atoms with Crippen LogP contribution in [0.15, 0.2) is 41.3 Å². The summed E-state index contributed by atoms with van der Waals surface area (Å²) in [4.78, 5) is 26.4. The number of carbonyl (C=O) groups excluding carboxylic acids is 2. The van der Waals surface area contributed by atoms with Gasteiger partial charge in [0.05, 0.1) is 0 Å². The summed E-state index contributed by atoms with van der Waals surface area (Å²) >= 11 is 1.70. The second-order valence-electron chi connectivity index (χ2n) is 8.59. The van der Waals surface area contributed by atoms with Crippen molar-refractivity contribution in [2.75, 3.05) is 0 Å². The minimum atomic E-state index is -0.398. The Hall–Kier alpha value is -1.87. The van der Waals surface area contributed by atoms with Gasteiger partial charge in [-0.25, -0.2) is 0 Å². The maximum atomic E-state index is 12.7. The van der Waals surface area contributed by atoms with Crippen molar-refractivity contribution in [1.82, 2.24) is 0 Å². The summed E-state index contributed by atoms with van der Waals surface area (Å²) in [7, 11) is 0. The fourth-order valence-corrected chi connectivity index (χ4v) is 4.06. The van der Waals surface area contributed by atoms with E-state index in [9.17, 15) is 9.59 Å². The third kappa shape index (κ3) is 3.43. The van der Waals surface area contributed by atoms with Crippen LogP contribution in [0.2, 0.25) is 0 Å². The van der Waals surface area contributed by atoms with E-state index in [1.807, 2.05) is 30.3 Å². The molecular weight excluding hydrogens is 328 g/mol. The summed E-state index contributed by atoms with van der Waals surface area (Å²) in [5, 5.41) is 0. The lowest BCUT2D eigenvalue weighted by Crippen LogP contribution is -2.23. The van der Waals surface area contributed by atoms with Crippen LogP contribution in [0.4, 0.5) is 0 Å². The first kappa shape index (κ1) is 17.9. The van der Waals surface area contributed by atoms with E-state index >= 15 is 0 Å². The first-order valence-corrected chi connectivity index (χ1v) is 9.36. The third-order valence-electron chi connectivity index (χ3n) is 4.29. The molecule has 130 valence electrons. The van der Waals surface area contributed by atoms with Gasteiger partial charge in [-0.15, -0.1) is 11.8 Å². The number of ketones is 2. The Morgan fingerprint density at radius 1 is 0.680 bits per heavy atom. The van der Waals surface area contributed by atoms with Crippen LogP contribution in [0.5, 0.6) is 0 Å². The van der Waals surface area contributed by atoms with Crippen molar-refractivity contribution < 1.29 is 9.59 Å². The molecule has 2 aromatic carbocycles. The zero-order valence-corrected chi connectivity index (χ0v) is 16.5. The van der Waals surface area contributed by atoms with Gasteiger partial charge in [0.1, 0.15) is 0 Å². The topological polar surface area (TPSA) is 34.1 Å². The second-order valence-corrected chi connectivity index (χ2v) is 10.5. The van der Waals surface area contributed by atoms with Gasteiger partial charge < -0.3 is 0 Å². The van der Waals surface area contributed by atoms with Gasteiger partial charge in [-0.3, -0.25) is 9.59 Å². The van der Waals surface area contributed by atoms with Crippen LogP contribution < -0.4 is 0 Å². The van der Waals surface area contributed by atoms with Crippen LogP contribution in [-0.2, 0) is 5.41 Å². The van der Waals surface area contributed by atoms with E-state index in [-0.39, 0.29) is 10.2 Å². The van der Waals surface area contributed by atoms with Crippen molar-refractivity contribution >= 4 is 23.3 Å². The number of hydrogen-bond acceptors (Lipinski definition) is 3. The lowest BCUT2D eigenvalue weighted by molar-refractivity contribution is 0.0815. The Kier molecular flexibility index (Phi) is 4.19. The first-order valence-electron chi connectivity index (χ1n) is 8.54. The molecule has 0 aliphatic heterocycles. The SMILES string of the molecule is CC(C)(C)Sc1ccc2c(c1)C(=O)C(=O)c1cc(C(C)(C)C)ccc1-2. The van der Waals surface area contributed by atoms with E-state index < -0.39 is 11.6 Å². The molecule has 0 spiro atoms. The van der Waals surface area contributed by atoms with Crippen molar-refractivity contribution in [3.05, 3.63) is 53.1 Å². The highest BCUT2D eigenvalue weighted by Gasteiger charge is 2.32. The quantitative estimate of drug-likeness (QED) is 0.472. The first-order chi connectivity index (χ1) is 11.5. The Morgan fingerprint density at radius 2 is 1.20 bits per heavy atom. The molecule has 25 heavy (non-hydrogen) atoms. The summed E-state index contributed by atoms with van der Waals surface area (Å²) in [5.41, 5.74) is 3.77. The van der Waals surface area contributed by atoms with Crippen LogP contribution in [0.1, 0.15) is 67.8 Å². The summed E-state index contributed by atoms with van der Waals surface area (Å²) < 4.78 is 0.0511. The highest BCUT2D eigenvalue weighted by atomic mass is 32.2. The van der Waals surface area contributed by atoms with Gasteiger partial charge in [0.2, 0.25) is 11.6 Å². The highest BCUT2D eigenvalue weighted by molar-refractivity contribution is 8.00. The molecule has 0 aromatic heterocycles. The maximum absolute atomic E-state index is 12.7. The van der Waals surface area contributed by atoms with Crippen molar-refractivity contribution in [1.29, 1.82) is 0 Å². The number of fused-ring (bicyclic) bond motifs is 3. The van der Waals surface area contributed by atoms with Crippen LogP contribution in [0.3, 0.4) is 0 Å². The average molecular weight is 352 g/mol. The molecule has 3 rings (SSSR count). The Labute approximate surface area is 154 Å². The summed E-state index contributed by atoms with van der Waals surface area (Å²) in [5.74, 6) is -0.795. The molecule has 0 radical (unpaired) electrons. The molecule has 0 bridgehead atoms. The molecule has 3 heteroatoms. The van der Waals surface area contributed by atoms with E-state index in [0.29, 0.717) is 11.1 Å². The fraction of sp³-hybridized carbons (Fsp3) is 0.364. The van der Waals surface area contributed by atoms with Gasteiger partial charge in [-0.2, -0.15) is 0 Å². The van der Waals surface area contributed by atoms with E-state index in [2.05, 4.69) is 47.6 Å². The van der Waals surface area contributed by atoms with Crippen molar-refractivity contribution in [2.24, 2.45) is 0 Å². The zero-order chi connectivity index (χ0) is 18.6. The summed E-state index contributed by atoms with van der Waals surface area (Å²) in [6.45, 7) is 12.7. The van der Waals surface area contributed by atoms with Gasteiger partial charge in [-0.1, -0.05) is 59.7 Å². The number of carbonyl (C=O) groups is 2. The molecule has 0 fully saturated rings. The third-order valence-corrected chi connectivity index (χ3v) is 5.39. The molecular formula is C22H24O2S. The maximum Gasteiger partial charge on any atom is 0.234 e. The van der Waals surface area contributed by atoms with Gasteiger partial charge in [0.15, 0.2) is 0 Å². The zero-order valence-electron chi connectivity index (χ0n) is 15.7. The fourth-order valence-electron chi connectivity index (χ4n) is 3.04. The van der Waals surface area contributed by atoms with E-state index in [0.717, 1.165) is 21.6 Å². The molecule has 2 aromatic rings. The average Bonchev–Trinajstić information content (AvgIpc) is 2.49. The Morgan fingerprint density at radius 3 is 1.72 bits per heavy atom. The molecule has 2 nitrogen and oxygen atoms in total.